The molecule has 1 saturated heterocycles. The van der Waals surface area contributed by atoms with Gasteiger partial charge in [-0.3, -0.25) is 14.4 Å². The Morgan fingerprint density at radius 3 is 2.47 bits per heavy atom. The Balaban J connectivity index is 1.21. The van der Waals surface area contributed by atoms with Crippen LogP contribution in [0.4, 0.5) is 9.93 Å². The lowest BCUT2D eigenvalue weighted by atomic mass is 9.85. The summed E-state index contributed by atoms with van der Waals surface area (Å²) in [5.74, 6) is -2.64. The molecule has 2 saturated carbocycles. The minimum atomic E-state index is -1.52. The number of aryl methyl sites for hydroxylation is 2. The topological polar surface area (TPSA) is 189 Å². The summed E-state index contributed by atoms with van der Waals surface area (Å²) in [5, 5.41) is 21.6. The van der Waals surface area contributed by atoms with Crippen LogP contribution in [-0.2, 0) is 36.8 Å². The van der Waals surface area contributed by atoms with E-state index in [0.717, 1.165) is 61.4 Å². The summed E-state index contributed by atoms with van der Waals surface area (Å²) in [6, 6.07) is 3.69. The molecule has 0 radical (unpaired) electrons. The van der Waals surface area contributed by atoms with E-state index < -0.39 is 58.9 Å². The first-order valence-electron chi connectivity index (χ1n) is 19.9. The molecule has 1 aromatic carbocycles. The lowest BCUT2D eigenvalue weighted by Crippen LogP contribution is -2.59. The first-order valence-corrected chi connectivity index (χ1v) is 20.8. The number of amides is 4. The predicted molar refractivity (Wildman–Crippen MR) is 215 cm³/mol. The number of pyridine rings is 1. The summed E-state index contributed by atoms with van der Waals surface area (Å²) >= 11 is 1.30. The number of carbonyl (C=O) groups is 5. The van der Waals surface area contributed by atoms with Gasteiger partial charge in [0.05, 0.1) is 17.8 Å². The lowest BCUT2D eigenvalue weighted by molar-refractivity contribution is -0.146. The van der Waals surface area contributed by atoms with Crippen LogP contribution in [0, 0.1) is 17.3 Å². The van der Waals surface area contributed by atoms with E-state index in [1.165, 1.54) is 27.9 Å². The van der Waals surface area contributed by atoms with Crippen LogP contribution >= 0.6 is 11.3 Å². The summed E-state index contributed by atoms with van der Waals surface area (Å²) in [5.41, 5.74) is 1.94. The largest absolute Gasteiger partial charge is 0.488 e. The lowest BCUT2D eigenvalue weighted by Gasteiger charge is -2.35. The molecule has 0 spiro atoms. The van der Waals surface area contributed by atoms with E-state index in [4.69, 9.17) is 14.5 Å². The van der Waals surface area contributed by atoms with Gasteiger partial charge in [0.15, 0.2) is 5.13 Å². The van der Waals surface area contributed by atoms with E-state index in [0.29, 0.717) is 22.3 Å². The summed E-state index contributed by atoms with van der Waals surface area (Å²) in [7, 11) is 0. The maximum absolute atomic E-state index is 14.7. The maximum Gasteiger partial charge on any atom is 0.408 e. The molecule has 304 valence electrons. The molecule has 7 rings (SSSR count). The molecule has 3 aliphatic carbocycles. The number of alkyl carbamates (subject to hydrolysis) is 1. The summed E-state index contributed by atoms with van der Waals surface area (Å²) < 4.78 is 12.5. The highest BCUT2D eigenvalue weighted by molar-refractivity contribution is 7.14. The van der Waals surface area contributed by atoms with Crippen molar-refractivity contribution in [3.63, 3.8) is 0 Å². The van der Waals surface area contributed by atoms with E-state index in [2.05, 4.69) is 33.6 Å². The third-order valence-corrected chi connectivity index (χ3v) is 12.4. The van der Waals surface area contributed by atoms with Crippen molar-refractivity contribution in [2.75, 3.05) is 11.9 Å². The number of anilines is 1. The van der Waals surface area contributed by atoms with Crippen molar-refractivity contribution >= 4 is 57.2 Å². The highest BCUT2D eigenvalue weighted by Gasteiger charge is 2.61. The second-order valence-electron chi connectivity index (χ2n) is 17.2. The third kappa shape index (κ3) is 8.21. The maximum atomic E-state index is 14.7. The van der Waals surface area contributed by atoms with Gasteiger partial charge in [0.2, 0.25) is 17.7 Å². The van der Waals surface area contributed by atoms with Gasteiger partial charge < -0.3 is 35.4 Å². The molecule has 15 heteroatoms. The minimum absolute atomic E-state index is 0.0139. The predicted octanol–water partition coefficient (Wildman–Crippen LogP) is 6.02. The molecule has 3 heterocycles. The Hall–Kier alpha value is -5.05. The van der Waals surface area contributed by atoms with Crippen molar-refractivity contribution in [2.45, 2.75) is 122 Å². The molecule has 57 heavy (non-hydrogen) atoms. The monoisotopic (exact) mass is 800 g/mol. The fourth-order valence-corrected chi connectivity index (χ4v) is 8.96. The Bertz CT molecular complexity index is 2100. The molecule has 3 fully saturated rings. The fourth-order valence-electron chi connectivity index (χ4n) is 8.25. The van der Waals surface area contributed by atoms with Gasteiger partial charge in [-0.25, -0.2) is 19.6 Å². The molecule has 1 aliphatic heterocycles. The number of ether oxygens (including phenoxy) is 2. The quantitative estimate of drug-likeness (QED) is 0.158. The zero-order valence-corrected chi connectivity index (χ0v) is 34.0. The molecule has 4 N–H and O–H groups in total. The van der Waals surface area contributed by atoms with Crippen LogP contribution < -0.4 is 20.7 Å². The second kappa shape index (κ2) is 15.7. The average Bonchev–Trinajstić information content (AvgIpc) is 3.77. The van der Waals surface area contributed by atoms with Crippen molar-refractivity contribution in [1.82, 2.24) is 25.5 Å². The van der Waals surface area contributed by atoms with Gasteiger partial charge in [-0.2, -0.15) is 0 Å². The molecule has 4 aliphatic rings. The van der Waals surface area contributed by atoms with Crippen molar-refractivity contribution in [2.24, 2.45) is 17.3 Å². The Kier molecular flexibility index (Phi) is 11.1. The molecule has 2 aromatic heterocycles. The molecule has 3 aromatic rings. The standard InChI is InChI=1S/C42H52N6O8S/c1-7-24-19-42(24,38(52)53)47-36(50)31-17-26(20-48(31)37(51)34(41(4,5)6)45-40(54)56-25-12-8-9-13-25)55-32-18-29(30-21-57-39(44-30)46-35(49)22(2)3)43-33-27-14-10-11-23(27)15-16-28(32)33/h7,15-16,18,21-22,24-26,31,34H,1,8-14,17,19-20H2,2-6H3,(H,45,54)(H,47,50)(H,52,53)(H,44,46,49)/t24-,26-,31+,34-,42-/m1/s1. The molecule has 0 unspecified atom stereocenters. The van der Waals surface area contributed by atoms with Crippen LogP contribution in [0.2, 0.25) is 0 Å². The van der Waals surface area contributed by atoms with Crippen molar-refractivity contribution in [1.29, 1.82) is 0 Å². The Morgan fingerprint density at radius 2 is 1.81 bits per heavy atom. The number of rotatable bonds is 12. The van der Waals surface area contributed by atoms with Crippen LogP contribution in [0.1, 0.15) is 90.7 Å². The van der Waals surface area contributed by atoms with Gasteiger partial charge in [-0.05, 0) is 74.0 Å². The van der Waals surface area contributed by atoms with Gasteiger partial charge >= 0.3 is 12.1 Å². The molecular weight excluding hydrogens is 749 g/mol. The molecule has 14 nitrogen and oxygen atoms in total. The van der Waals surface area contributed by atoms with E-state index in [-0.39, 0.29) is 37.3 Å². The fraction of sp³-hybridized carbons (Fsp3) is 0.548. The van der Waals surface area contributed by atoms with Crippen LogP contribution in [0.3, 0.4) is 0 Å². The highest BCUT2D eigenvalue weighted by Crippen LogP contribution is 2.45. The van der Waals surface area contributed by atoms with Crippen LogP contribution in [0.5, 0.6) is 5.75 Å². The normalized spacial score (nSPS) is 23.5. The number of hydrogen-bond acceptors (Lipinski definition) is 10. The number of aromatic nitrogens is 2. The number of thiazole rings is 1. The van der Waals surface area contributed by atoms with E-state index >= 15 is 0 Å². The molecule has 4 amide bonds. The number of fused-ring (bicyclic) bond motifs is 3. The highest BCUT2D eigenvalue weighted by atomic mass is 32.1. The molecule has 0 bridgehead atoms. The van der Waals surface area contributed by atoms with Gasteiger partial charge in [-0.1, -0.05) is 46.8 Å². The molecular formula is C42H52N6O8S. The number of carboxylic acid groups (broad SMARTS) is 1. The SMILES string of the molecule is C=C[C@@H]1C[C@]1(NC(=O)[C@@H]1C[C@@H](Oc2cc(-c3csc(NC(=O)C(C)C)n3)nc3c4c(ccc23)CCC4)CN1C(=O)[C@@H](NC(=O)OC1CCCC1)C(C)(C)C)C(=O)O. The number of carboxylic acids is 1. The van der Waals surface area contributed by atoms with Gasteiger partial charge in [0, 0.05) is 35.1 Å². The average molecular weight is 801 g/mol. The Labute approximate surface area is 336 Å². The molecule has 5 atom stereocenters. The number of hydrogen-bond donors (Lipinski definition) is 4. The number of likely N-dealkylation sites (tertiary alicyclic amines) is 1. The van der Waals surface area contributed by atoms with Crippen LogP contribution in [0.25, 0.3) is 22.3 Å². The van der Waals surface area contributed by atoms with E-state index in [1.807, 2.05) is 46.1 Å². The van der Waals surface area contributed by atoms with Crippen LogP contribution in [-0.4, -0.2) is 86.1 Å². The first-order chi connectivity index (χ1) is 27.1. The minimum Gasteiger partial charge on any atom is -0.488 e. The number of nitrogens with zero attached hydrogens (tertiary/aromatic N) is 3. The van der Waals surface area contributed by atoms with Crippen molar-refractivity contribution in [3.8, 4) is 17.1 Å². The zero-order chi connectivity index (χ0) is 40.8. The van der Waals surface area contributed by atoms with Crippen molar-refractivity contribution in [3.05, 3.63) is 47.4 Å². The summed E-state index contributed by atoms with van der Waals surface area (Å²) in [6.07, 6.45) is 6.39. The van der Waals surface area contributed by atoms with E-state index in [1.54, 1.807) is 6.07 Å². The zero-order valence-electron chi connectivity index (χ0n) is 33.2. The summed E-state index contributed by atoms with van der Waals surface area (Å²) in [6.45, 7) is 12.8. The second-order valence-corrected chi connectivity index (χ2v) is 18.0. The summed E-state index contributed by atoms with van der Waals surface area (Å²) in [4.78, 5) is 78.0. The van der Waals surface area contributed by atoms with Gasteiger partial charge in [0.25, 0.3) is 0 Å². The first kappa shape index (κ1) is 40.2. The van der Waals surface area contributed by atoms with Gasteiger partial charge in [0.1, 0.15) is 41.3 Å². The van der Waals surface area contributed by atoms with Crippen LogP contribution in [0.15, 0.2) is 36.2 Å². The number of nitrogens with one attached hydrogen (secondary N) is 3. The number of benzene rings is 1. The van der Waals surface area contributed by atoms with Gasteiger partial charge in [-0.15, -0.1) is 17.9 Å². The van der Waals surface area contributed by atoms with E-state index in [9.17, 15) is 29.1 Å². The smallest absolute Gasteiger partial charge is 0.408 e. The Morgan fingerprint density at radius 1 is 1.05 bits per heavy atom. The third-order valence-electron chi connectivity index (χ3n) is 11.7. The van der Waals surface area contributed by atoms with Crippen molar-refractivity contribution < 1.29 is 38.6 Å². The number of aliphatic carboxylic acids is 1. The number of carbonyl (C=O) groups excluding carboxylic acids is 4.